The molecule has 3 heteroatoms. The summed E-state index contributed by atoms with van der Waals surface area (Å²) in [5.41, 5.74) is 0.953. The zero-order valence-electron chi connectivity index (χ0n) is 10.6. The predicted molar refractivity (Wildman–Crippen MR) is 69.4 cm³/mol. The van der Waals surface area contributed by atoms with Crippen LogP contribution in [-0.4, -0.2) is 17.9 Å². The van der Waals surface area contributed by atoms with Gasteiger partial charge in [-0.1, -0.05) is 24.3 Å². The van der Waals surface area contributed by atoms with E-state index < -0.39 is 0 Å². The minimum atomic E-state index is -0.246. The number of rotatable bonds is 4. The standard InChI is InChI=1S/C15H18FNO/c1-17(11-13-6-8-14(16)9-7-13)15(18)10-12-4-2-3-5-12/h2,4,6-9,12H,3,5,10-11H2,1H3. The molecular formula is C15H18FNO. The van der Waals surface area contributed by atoms with E-state index in [1.165, 1.54) is 12.1 Å². The highest BCUT2D eigenvalue weighted by Crippen LogP contribution is 2.21. The fourth-order valence-corrected chi connectivity index (χ4v) is 2.20. The minimum Gasteiger partial charge on any atom is -0.341 e. The van der Waals surface area contributed by atoms with Crippen molar-refractivity contribution in [3.63, 3.8) is 0 Å². The molecule has 0 saturated carbocycles. The number of amides is 1. The van der Waals surface area contributed by atoms with Gasteiger partial charge in [-0.2, -0.15) is 0 Å². The van der Waals surface area contributed by atoms with Gasteiger partial charge in [-0.3, -0.25) is 4.79 Å². The summed E-state index contributed by atoms with van der Waals surface area (Å²) < 4.78 is 12.8. The highest BCUT2D eigenvalue weighted by Gasteiger charge is 2.16. The first kappa shape index (κ1) is 12.8. The van der Waals surface area contributed by atoms with Gasteiger partial charge < -0.3 is 4.90 Å². The van der Waals surface area contributed by atoms with Crippen LogP contribution in [0.5, 0.6) is 0 Å². The van der Waals surface area contributed by atoms with Crippen LogP contribution in [-0.2, 0) is 11.3 Å². The minimum absolute atomic E-state index is 0.149. The third-order valence-corrected chi connectivity index (χ3v) is 3.31. The van der Waals surface area contributed by atoms with Gasteiger partial charge in [-0.05, 0) is 36.5 Å². The van der Waals surface area contributed by atoms with E-state index in [9.17, 15) is 9.18 Å². The van der Waals surface area contributed by atoms with Gasteiger partial charge >= 0.3 is 0 Å². The lowest BCUT2D eigenvalue weighted by Gasteiger charge is -2.19. The quantitative estimate of drug-likeness (QED) is 0.748. The topological polar surface area (TPSA) is 20.3 Å². The van der Waals surface area contributed by atoms with Crippen LogP contribution in [0.2, 0.25) is 0 Å². The first-order valence-corrected chi connectivity index (χ1v) is 6.30. The summed E-state index contributed by atoms with van der Waals surface area (Å²) in [6.45, 7) is 0.537. The average molecular weight is 247 g/mol. The van der Waals surface area contributed by atoms with Crippen molar-refractivity contribution in [2.45, 2.75) is 25.8 Å². The van der Waals surface area contributed by atoms with Crippen LogP contribution in [0.3, 0.4) is 0 Å². The fraction of sp³-hybridized carbons (Fsp3) is 0.400. The molecule has 0 aromatic heterocycles. The maximum atomic E-state index is 12.8. The number of halogens is 1. The maximum absolute atomic E-state index is 12.8. The van der Waals surface area contributed by atoms with Crippen molar-refractivity contribution in [2.75, 3.05) is 7.05 Å². The molecule has 1 aliphatic rings. The number of nitrogens with zero attached hydrogens (tertiary/aromatic N) is 1. The molecule has 0 saturated heterocycles. The molecule has 0 spiro atoms. The van der Waals surface area contributed by atoms with E-state index in [4.69, 9.17) is 0 Å². The summed E-state index contributed by atoms with van der Waals surface area (Å²) in [5.74, 6) is 0.299. The second kappa shape index (κ2) is 5.80. The molecule has 2 nitrogen and oxygen atoms in total. The van der Waals surface area contributed by atoms with Crippen LogP contribution < -0.4 is 0 Å². The van der Waals surface area contributed by atoms with Crippen molar-refractivity contribution in [3.05, 3.63) is 47.8 Å². The lowest BCUT2D eigenvalue weighted by molar-refractivity contribution is -0.131. The molecule has 1 amide bonds. The van der Waals surface area contributed by atoms with Crippen molar-refractivity contribution in [1.29, 1.82) is 0 Å². The molecule has 0 aliphatic heterocycles. The lowest BCUT2D eigenvalue weighted by atomic mass is 10.0. The molecule has 0 fully saturated rings. The summed E-state index contributed by atoms with van der Waals surface area (Å²) in [7, 11) is 1.80. The highest BCUT2D eigenvalue weighted by molar-refractivity contribution is 5.76. The fourth-order valence-electron chi connectivity index (χ4n) is 2.20. The number of benzene rings is 1. The largest absolute Gasteiger partial charge is 0.341 e. The SMILES string of the molecule is CN(Cc1ccc(F)cc1)C(=O)CC1C=CCC1. The summed E-state index contributed by atoms with van der Waals surface area (Å²) in [4.78, 5) is 13.7. The van der Waals surface area contributed by atoms with E-state index in [1.807, 2.05) is 0 Å². The van der Waals surface area contributed by atoms with E-state index in [0.717, 1.165) is 18.4 Å². The van der Waals surface area contributed by atoms with Gasteiger partial charge in [0.2, 0.25) is 5.91 Å². The van der Waals surface area contributed by atoms with Crippen molar-refractivity contribution in [1.82, 2.24) is 4.90 Å². The Morgan fingerprint density at radius 3 is 2.72 bits per heavy atom. The smallest absolute Gasteiger partial charge is 0.223 e. The third-order valence-electron chi connectivity index (χ3n) is 3.31. The number of carbonyl (C=O) groups is 1. The van der Waals surface area contributed by atoms with Crippen LogP contribution in [0.25, 0.3) is 0 Å². The van der Waals surface area contributed by atoms with Crippen LogP contribution in [0, 0.1) is 11.7 Å². The molecule has 0 bridgehead atoms. The van der Waals surface area contributed by atoms with E-state index in [2.05, 4.69) is 12.2 Å². The zero-order valence-corrected chi connectivity index (χ0v) is 10.6. The van der Waals surface area contributed by atoms with Gasteiger partial charge in [-0.25, -0.2) is 4.39 Å². The summed E-state index contributed by atoms with van der Waals surface area (Å²) >= 11 is 0. The Kier molecular flexibility index (Phi) is 4.13. The van der Waals surface area contributed by atoms with Crippen molar-refractivity contribution in [3.8, 4) is 0 Å². The van der Waals surface area contributed by atoms with Crippen LogP contribution in [0.4, 0.5) is 4.39 Å². The number of allylic oxidation sites excluding steroid dienone is 2. The molecule has 0 heterocycles. The van der Waals surface area contributed by atoms with Gasteiger partial charge in [0.1, 0.15) is 5.82 Å². The van der Waals surface area contributed by atoms with Crippen molar-refractivity contribution < 1.29 is 9.18 Å². The van der Waals surface area contributed by atoms with Crippen LogP contribution in [0.15, 0.2) is 36.4 Å². The first-order chi connectivity index (χ1) is 8.65. The average Bonchev–Trinajstić information content (AvgIpc) is 2.85. The van der Waals surface area contributed by atoms with Gasteiger partial charge in [0.25, 0.3) is 0 Å². The molecule has 1 aromatic rings. The van der Waals surface area contributed by atoms with Crippen molar-refractivity contribution in [2.24, 2.45) is 5.92 Å². The van der Waals surface area contributed by atoms with E-state index >= 15 is 0 Å². The molecule has 0 N–H and O–H groups in total. The Balaban J connectivity index is 1.86. The van der Waals surface area contributed by atoms with Gasteiger partial charge in [-0.15, -0.1) is 0 Å². The summed E-state index contributed by atoms with van der Waals surface area (Å²) in [6, 6.07) is 6.28. The summed E-state index contributed by atoms with van der Waals surface area (Å²) in [6.07, 6.45) is 7.01. The zero-order chi connectivity index (χ0) is 13.0. The van der Waals surface area contributed by atoms with E-state index in [0.29, 0.717) is 18.9 Å². The van der Waals surface area contributed by atoms with Crippen LogP contribution in [0.1, 0.15) is 24.8 Å². The normalized spacial score (nSPS) is 18.0. The molecular weight excluding hydrogens is 229 g/mol. The van der Waals surface area contributed by atoms with Gasteiger partial charge in [0, 0.05) is 20.0 Å². The monoisotopic (exact) mass is 247 g/mol. The maximum Gasteiger partial charge on any atom is 0.223 e. The Morgan fingerprint density at radius 2 is 2.11 bits per heavy atom. The highest BCUT2D eigenvalue weighted by atomic mass is 19.1. The Hall–Kier alpha value is -1.64. The molecule has 0 radical (unpaired) electrons. The molecule has 96 valence electrons. The lowest BCUT2D eigenvalue weighted by Crippen LogP contribution is -2.27. The van der Waals surface area contributed by atoms with Gasteiger partial charge in [0.15, 0.2) is 0 Å². The summed E-state index contributed by atoms with van der Waals surface area (Å²) in [5, 5.41) is 0. The predicted octanol–water partition coefficient (Wildman–Crippen LogP) is 3.14. The van der Waals surface area contributed by atoms with Crippen LogP contribution >= 0.6 is 0 Å². The van der Waals surface area contributed by atoms with Gasteiger partial charge in [0.05, 0.1) is 0 Å². The second-order valence-electron chi connectivity index (χ2n) is 4.85. The third kappa shape index (κ3) is 3.42. The molecule has 1 aliphatic carbocycles. The molecule has 1 unspecified atom stereocenters. The molecule has 18 heavy (non-hydrogen) atoms. The molecule has 1 atom stereocenters. The Labute approximate surface area is 107 Å². The number of carbonyl (C=O) groups excluding carboxylic acids is 1. The molecule has 2 rings (SSSR count). The number of hydrogen-bond donors (Lipinski definition) is 0. The van der Waals surface area contributed by atoms with Crippen molar-refractivity contribution >= 4 is 5.91 Å². The Bertz CT molecular complexity index is 438. The second-order valence-corrected chi connectivity index (χ2v) is 4.85. The Morgan fingerprint density at radius 1 is 1.39 bits per heavy atom. The first-order valence-electron chi connectivity index (χ1n) is 6.30. The molecule has 1 aromatic carbocycles. The van der Waals surface area contributed by atoms with E-state index in [-0.39, 0.29) is 11.7 Å². The number of hydrogen-bond acceptors (Lipinski definition) is 1. The van der Waals surface area contributed by atoms with E-state index in [1.54, 1.807) is 24.1 Å².